The Labute approximate surface area is 119 Å². The van der Waals surface area contributed by atoms with Crippen molar-refractivity contribution >= 4 is 21.8 Å². The topological polar surface area (TPSA) is 20.3 Å². The Bertz CT molecular complexity index is 545. The van der Waals surface area contributed by atoms with Crippen LogP contribution in [0.5, 0.6) is 0 Å². The van der Waals surface area contributed by atoms with E-state index in [-0.39, 0.29) is 24.0 Å². The summed E-state index contributed by atoms with van der Waals surface area (Å²) in [6.07, 6.45) is -6.02. The van der Waals surface area contributed by atoms with Crippen LogP contribution in [0.15, 0.2) is 16.6 Å². The third-order valence-electron chi connectivity index (χ3n) is 3.03. The van der Waals surface area contributed by atoms with Crippen LogP contribution in [0.2, 0.25) is 0 Å². The molecule has 2 rings (SSSR count). The number of hydrogen-bond donors (Lipinski definition) is 0. The number of alkyl halides is 4. The summed E-state index contributed by atoms with van der Waals surface area (Å²) >= 11 is 2.86. The average Bonchev–Trinajstić information content (AvgIpc) is 2.74. The van der Waals surface area contributed by atoms with E-state index < -0.39 is 35.2 Å². The van der Waals surface area contributed by atoms with Crippen molar-refractivity contribution in [1.29, 1.82) is 0 Å². The maximum atomic E-state index is 13.9. The van der Waals surface area contributed by atoms with Crippen molar-refractivity contribution in [2.24, 2.45) is 0 Å². The van der Waals surface area contributed by atoms with Gasteiger partial charge in [0.15, 0.2) is 0 Å². The summed E-state index contributed by atoms with van der Waals surface area (Å²) in [4.78, 5) is 13.0. The van der Waals surface area contributed by atoms with Gasteiger partial charge in [0.2, 0.25) is 0 Å². The van der Waals surface area contributed by atoms with Gasteiger partial charge in [0.25, 0.3) is 5.91 Å². The molecule has 20 heavy (non-hydrogen) atoms. The first-order valence-electron chi connectivity index (χ1n) is 5.70. The van der Waals surface area contributed by atoms with Gasteiger partial charge < -0.3 is 4.90 Å². The van der Waals surface area contributed by atoms with Gasteiger partial charge in [0, 0.05) is 11.0 Å². The van der Waals surface area contributed by atoms with Gasteiger partial charge in [0.05, 0.1) is 17.7 Å². The van der Waals surface area contributed by atoms with Gasteiger partial charge in [-0.3, -0.25) is 4.79 Å². The van der Waals surface area contributed by atoms with Gasteiger partial charge in [-0.05, 0) is 34.5 Å². The van der Waals surface area contributed by atoms with E-state index in [4.69, 9.17) is 0 Å². The first-order chi connectivity index (χ1) is 9.21. The van der Waals surface area contributed by atoms with E-state index in [0.717, 1.165) is 11.0 Å². The highest BCUT2D eigenvalue weighted by atomic mass is 79.9. The summed E-state index contributed by atoms with van der Waals surface area (Å²) < 4.78 is 64.8. The molecule has 0 bridgehead atoms. The first-order valence-corrected chi connectivity index (χ1v) is 6.49. The first kappa shape index (κ1) is 15.2. The second-order valence-electron chi connectivity index (χ2n) is 4.42. The zero-order valence-corrected chi connectivity index (χ0v) is 11.6. The quantitative estimate of drug-likeness (QED) is 0.700. The Hall–Kier alpha value is -1.18. The molecule has 1 saturated heterocycles. The highest BCUT2D eigenvalue weighted by Crippen LogP contribution is 2.35. The molecule has 1 aliphatic rings. The number of likely N-dealkylation sites (tertiary alicyclic amines) is 1. The molecular weight excluding hydrogens is 349 g/mol. The lowest BCUT2D eigenvalue weighted by Gasteiger charge is -2.18. The van der Waals surface area contributed by atoms with Crippen LogP contribution in [-0.2, 0) is 6.18 Å². The van der Waals surface area contributed by atoms with Crippen LogP contribution < -0.4 is 0 Å². The zero-order valence-electron chi connectivity index (χ0n) is 9.98. The van der Waals surface area contributed by atoms with Gasteiger partial charge in [-0.1, -0.05) is 0 Å². The minimum absolute atomic E-state index is 0.0577. The fraction of sp³-hybridized carbons (Fsp3) is 0.417. The highest BCUT2D eigenvalue weighted by molar-refractivity contribution is 9.10. The lowest BCUT2D eigenvalue weighted by molar-refractivity contribution is -0.140. The molecule has 1 aromatic carbocycles. The second kappa shape index (κ2) is 5.31. The Morgan fingerprint density at radius 3 is 2.50 bits per heavy atom. The van der Waals surface area contributed by atoms with E-state index in [1.807, 2.05) is 0 Å². The van der Waals surface area contributed by atoms with Crippen molar-refractivity contribution in [2.45, 2.75) is 18.8 Å². The van der Waals surface area contributed by atoms with E-state index in [1.54, 1.807) is 0 Å². The maximum Gasteiger partial charge on any atom is 0.419 e. The van der Waals surface area contributed by atoms with E-state index in [0.29, 0.717) is 6.07 Å². The second-order valence-corrected chi connectivity index (χ2v) is 5.27. The molecule has 0 N–H and O–H groups in total. The minimum Gasteiger partial charge on any atom is -0.335 e. The van der Waals surface area contributed by atoms with Crippen LogP contribution in [0, 0.1) is 5.82 Å². The molecular formula is C12H9BrF5NO. The molecule has 1 unspecified atom stereocenters. The molecule has 1 aromatic rings. The monoisotopic (exact) mass is 357 g/mol. The van der Waals surface area contributed by atoms with E-state index in [2.05, 4.69) is 15.9 Å². The van der Waals surface area contributed by atoms with Crippen molar-refractivity contribution in [3.63, 3.8) is 0 Å². The van der Waals surface area contributed by atoms with Crippen LogP contribution in [0.4, 0.5) is 22.0 Å². The van der Waals surface area contributed by atoms with Crippen molar-refractivity contribution in [1.82, 2.24) is 4.90 Å². The third-order valence-corrected chi connectivity index (χ3v) is 3.69. The van der Waals surface area contributed by atoms with Crippen LogP contribution in [0.1, 0.15) is 22.3 Å². The highest BCUT2D eigenvalue weighted by Gasteiger charge is 2.38. The molecule has 0 radical (unpaired) electrons. The third kappa shape index (κ3) is 2.79. The molecule has 0 aromatic heterocycles. The van der Waals surface area contributed by atoms with Crippen molar-refractivity contribution in [2.75, 3.05) is 13.1 Å². The smallest absolute Gasteiger partial charge is 0.335 e. The van der Waals surface area contributed by atoms with Gasteiger partial charge >= 0.3 is 6.18 Å². The van der Waals surface area contributed by atoms with Crippen molar-refractivity contribution in [3.8, 4) is 0 Å². The number of rotatable bonds is 1. The number of benzene rings is 1. The molecule has 1 fully saturated rings. The summed E-state index contributed by atoms with van der Waals surface area (Å²) in [7, 11) is 0. The van der Waals surface area contributed by atoms with Gasteiger partial charge in [-0.15, -0.1) is 0 Å². The number of halogens is 6. The average molecular weight is 358 g/mol. The molecule has 0 spiro atoms. The molecule has 1 atom stereocenters. The fourth-order valence-electron chi connectivity index (χ4n) is 2.03. The number of carbonyl (C=O) groups is 1. The number of nitrogens with zero attached hydrogens (tertiary/aromatic N) is 1. The summed E-state index contributed by atoms with van der Waals surface area (Å²) in [5.74, 6) is -2.58. The van der Waals surface area contributed by atoms with Crippen LogP contribution in [0.25, 0.3) is 0 Å². The lowest BCUT2D eigenvalue weighted by Crippen LogP contribution is -2.30. The Morgan fingerprint density at radius 2 is 2.00 bits per heavy atom. The van der Waals surface area contributed by atoms with Crippen LogP contribution in [-0.4, -0.2) is 30.1 Å². The molecule has 1 aliphatic heterocycles. The number of carbonyl (C=O) groups excluding carboxylic acids is 1. The summed E-state index contributed by atoms with van der Waals surface area (Å²) in [6.45, 7) is -0.177. The number of hydrogen-bond acceptors (Lipinski definition) is 1. The van der Waals surface area contributed by atoms with Gasteiger partial charge in [0.1, 0.15) is 12.0 Å². The van der Waals surface area contributed by atoms with E-state index >= 15 is 0 Å². The SMILES string of the molecule is O=C(c1c(Br)ccc(C(F)(F)F)c1F)N1CCC(F)C1. The largest absolute Gasteiger partial charge is 0.419 e. The fourth-order valence-corrected chi connectivity index (χ4v) is 2.50. The summed E-state index contributed by atoms with van der Waals surface area (Å²) in [6, 6.07) is 1.51. The van der Waals surface area contributed by atoms with Crippen LogP contribution >= 0.6 is 15.9 Å². The Balaban J connectivity index is 2.43. The molecule has 0 aliphatic carbocycles. The predicted octanol–water partition coefficient (Wildman–Crippen LogP) is 3.79. The molecule has 1 amide bonds. The predicted molar refractivity (Wildman–Crippen MR) is 64.5 cm³/mol. The van der Waals surface area contributed by atoms with Crippen molar-refractivity contribution in [3.05, 3.63) is 33.5 Å². The van der Waals surface area contributed by atoms with Gasteiger partial charge in [-0.25, -0.2) is 8.78 Å². The molecule has 110 valence electrons. The molecule has 8 heteroatoms. The lowest BCUT2D eigenvalue weighted by atomic mass is 10.1. The van der Waals surface area contributed by atoms with Crippen molar-refractivity contribution < 1.29 is 26.7 Å². The van der Waals surface area contributed by atoms with Crippen LogP contribution in [0.3, 0.4) is 0 Å². The normalized spacial score (nSPS) is 19.5. The standard InChI is InChI=1S/C12H9BrF5NO/c13-8-2-1-7(12(16,17)18)10(15)9(8)11(20)19-4-3-6(14)5-19/h1-2,6H,3-5H2. The molecule has 2 nitrogen and oxygen atoms in total. The molecule has 0 saturated carbocycles. The Morgan fingerprint density at radius 1 is 1.35 bits per heavy atom. The summed E-state index contributed by atoms with van der Waals surface area (Å²) in [5, 5.41) is 0. The zero-order chi connectivity index (χ0) is 15.1. The van der Waals surface area contributed by atoms with E-state index in [9.17, 15) is 26.7 Å². The minimum atomic E-state index is -4.90. The summed E-state index contributed by atoms with van der Waals surface area (Å²) in [5.41, 5.74) is -2.23. The van der Waals surface area contributed by atoms with Gasteiger partial charge in [-0.2, -0.15) is 13.2 Å². The maximum absolute atomic E-state index is 13.9. The molecule has 1 heterocycles. The van der Waals surface area contributed by atoms with E-state index in [1.165, 1.54) is 0 Å². The number of amides is 1. The Kier molecular flexibility index (Phi) is 4.04.